The van der Waals surface area contributed by atoms with E-state index in [2.05, 4.69) is 47.3 Å². The van der Waals surface area contributed by atoms with Crippen molar-refractivity contribution in [2.45, 2.75) is 25.8 Å². The van der Waals surface area contributed by atoms with Gasteiger partial charge in [-0.2, -0.15) is 0 Å². The molecule has 3 nitrogen and oxygen atoms in total. The molecular formula is C16H18N2O. The van der Waals surface area contributed by atoms with Crippen molar-refractivity contribution in [2.75, 3.05) is 13.3 Å². The molecule has 0 unspecified atom stereocenters. The number of ether oxygens (including phenoxy) is 1. The lowest BCUT2D eigenvalue weighted by atomic mass is 9.87. The van der Waals surface area contributed by atoms with Gasteiger partial charge in [-0.3, -0.25) is 5.32 Å². The van der Waals surface area contributed by atoms with E-state index in [4.69, 9.17) is 4.74 Å². The Morgan fingerprint density at radius 2 is 2.26 bits per heavy atom. The zero-order valence-electron chi connectivity index (χ0n) is 11.3. The van der Waals surface area contributed by atoms with Crippen molar-refractivity contribution < 1.29 is 4.74 Å². The molecule has 1 fully saturated rings. The van der Waals surface area contributed by atoms with E-state index in [0.29, 0.717) is 6.73 Å². The first-order valence-corrected chi connectivity index (χ1v) is 6.60. The molecule has 0 bridgehead atoms. The summed E-state index contributed by atoms with van der Waals surface area (Å²) in [6.45, 7) is 5.51. The smallest absolute Gasteiger partial charge is 0.0972 e. The second-order valence-corrected chi connectivity index (χ2v) is 5.15. The van der Waals surface area contributed by atoms with E-state index in [9.17, 15) is 0 Å². The maximum Gasteiger partial charge on any atom is 0.0972 e. The van der Waals surface area contributed by atoms with Crippen LogP contribution in [0.4, 0.5) is 0 Å². The lowest BCUT2D eigenvalue weighted by Gasteiger charge is -2.35. The van der Waals surface area contributed by atoms with Gasteiger partial charge in [-0.25, -0.2) is 0 Å². The summed E-state index contributed by atoms with van der Waals surface area (Å²) in [6.07, 6.45) is 2.96. The van der Waals surface area contributed by atoms with Crippen LogP contribution in [0.2, 0.25) is 0 Å². The average Bonchev–Trinajstić information content (AvgIpc) is 2.83. The molecule has 1 aromatic heterocycles. The van der Waals surface area contributed by atoms with E-state index >= 15 is 0 Å². The number of aromatic nitrogens is 1. The fourth-order valence-corrected chi connectivity index (χ4v) is 2.60. The molecule has 2 heterocycles. The topological polar surface area (TPSA) is 37.0 Å². The number of hydrogen-bond acceptors (Lipinski definition) is 2. The van der Waals surface area contributed by atoms with E-state index < -0.39 is 0 Å². The third kappa shape index (κ3) is 2.14. The Kier molecular flexibility index (Phi) is 3.06. The maximum atomic E-state index is 5.38. The standard InChI is InChI=1S/C16H18N2O/c1-3-4-12-10-17-15-6-5-13(9-14(12)15)16(2)7-8-19-11-18-16/h5-6,9-10,17-18H,7-8,11H2,1-2H3/t16-/m0/s1. The molecule has 1 saturated heterocycles. The van der Waals surface area contributed by atoms with Crippen molar-refractivity contribution >= 4 is 10.9 Å². The largest absolute Gasteiger partial charge is 0.366 e. The summed E-state index contributed by atoms with van der Waals surface area (Å²) in [5.74, 6) is 6.11. The van der Waals surface area contributed by atoms with Gasteiger partial charge in [0.1, 0.15) is 0 Å². The highest BCUT2D eigenvalue weighted by Gasteiger charge is 2.28. The van der Waals surface area contributed by atoms with Gasteiger partial charge in [-0.05, 0) is 38.0 Å². The van der Waals surface area contributed by atoms with E-state index in [-0.39, 0.29) is 5.54 Å². The minimum absolute atomic E-state index is 0.0133. The van der Waals surface area contributed by atoms with E-state index in [1.807, 2.05) is 13.1 Å². The van der Waals surface area contributed by atoms with Gasteiger partial charge < -0.3 is 9.72 Å². The summed E-state index contributed by atoms with van der Waals surface area (Å²) in [7, 11) is 0. The van der Waals surface area contributed by atoms with Crippen LogP contribution >= 0.6 is 0 Å². The minimum atomic E-state index is -0.0133. The molecule has 1 aliphatic rings. The summed E-state index contributed by atoms with van der Waals surface area (Å²) in [6, 6.07) is 6.55. The van der Waals surface area contributed by atoms with Crippen molar-refractivity contribution in [1.82, 2.24) is 10.3 Å². The van der Waals surface area contributed by atoms with Gasteiger partial charge in [-0.15, -0.1) is 5.92 Å². The van der Waals surface area contributed by atoms with Crippen LogP contribution in [0.1, 0.15) is 31.4 Å². The van der Waals surface area contributed by atoms with Crippen molar-refractivity contribution in [3.05, 3.63) is 35.5 Å². The van der Waals surface area contributed by atoms with Gasteiger partial charge >= 0.3 is 0 Å². The van der Waals surface area contributed by atoms with Crippen LogP contribution in [0, 0.1) is 11.8 Å². The maximum absolute atomic E-state index is 5.38. The van der Waals surface area contributed by atoms with Crippen molar-refractivity contribution in [3.63, 3.8) is 0 Å². The van der Waals surface area contributed by atoms with Crippen LogP contribution in [-0.2, 0) is 10.3 Å². The Balaban J connectivity index is 2.08. The zero-order chi connectivity index (χ0) is 13.3. The average molecular weight is 254 g/mol. The highest BCUT2D eigenvalue weighted by Crippen LogP contribution is 2.30. The molecule has 1 aliphatic heterocycles. The summed E-state index contributed by atoms with van der Waals surface area (Å²) in [4.78, 5) is 3.27. The Morgan fingerprint density at radius 1 is 1.37 bits per heavy atom. The Hall–Kier alpha value is -1.76. The number of fused-ring (bicyclic) bond motifs is 1. The molecule has 1 atom stereocenters. The molecule has 19 heavy (non-hydrogen) atoms. The summed E-state index contributed by atoms with van der Waals surface area (Å²) in [5, 5.41) is 4.65. The first-order valence-electron chi connectivity index (χ1n) is 6.60. The second kappa shape index (κ2) is 4.73. The Bertz CT molecular complexity index is 654. The highest BCUT2D eigenvalue weighted by atomic mass is 16.5. The van der Waals surface area contributed by atoms with Crippen LogP contribution in [0.25, 0.3) is 10.9 Å². The van der Waals surface area contributed by atoms with Gasteiger partial charge in [0.25, 0.3) is 0 Å². The minimum Gasteiger partial charge on any atom is -0.366 e. The number of nitrogens with one attached hydrogen (secondary N) is 2. The first kappa shape index (κ1) is 12.3. The number of aromatic amines is 1. The molecule has 2 N–H and O–H groups in total. The van der Waals surface area contributed by atoms with Gasteiger partial charge in [0, 0.05) is 28.2 Å². The number of hydrogen-bond donors (Lipinski definition) is 2. The van der Waals surface area contributed by atoms with Gasteiger partial charge in [-0.1, -0.05) is 12.0 Å². The first-order chi connectivity index (χ1) is 9.23. The predicted molar refractivity (Wildman–Crippen MR) is 76.8 cm³/mol. The molecule has 0 spiro atoms. The zero-order valence-corrected chi connectivity index (χ0v) is 11.3. The van der Waals surface area contributed by atoms with Gasteiger partial charge in [0.05, 0.1) is 13.3 Å². The quantitative estimate of drug-likeness (QED) is 0.768. The molecule has 2 aromatic rings. The summed E-state index contributed by atoms with van der Waals surface area (Å²) in [5.41, 5.74) is 3.48. The van der Waals surface area contributed by atoms with Crippen LogP contribution in [0.3, 0.4) is 0 Å². The lowest BCUT2D eigenvalue weighted by molar-refractivity contribution is 0.0281. The predicted octanol–water partition coefficient (Wildman–Crippen LogP) is 2.72. The third-order valence-corrected chi connectivity index (χ3v) is 3.89. The van der Waals surface area contributed by atoms with Crippen molar-refractivity contribution in [2.24, 2.45) is 0 Å². The second-order valence-electron chi connectivity index (χ2n) is 5.15. The molecule has 0 saturated carbocycles. The van der Waals surface area contributed by atoms with Crippen molar-refractivity contribution in [1.29, 1.82) is 0 Å². The SMILES string of the molecule is CC#Cc1c[nH]c2ccc([C@]3(C)CCOCN3)cc12. The molecular weight excluding hydrogens is 236 g/mol. The van der Waals surface area contributed by atoms with Crippen LogP contribution in [0.5, 0.6) is 0 Å². The molecule has 3 rings (SSSR count). The number of H-pyrrole nitrogens is 1. The highest BCUT2D eigenvalue weighted by molar-refractivity contribution is 5.86. The summed E-state index contributed by atoms with van der Waals surface area (Å²) < 4.78 is 5.38. The van der Waals surface area contributed by atoms with Crippen LogP contribution in [-0.4, -0.2) is 18.3 Å². The number of rotatable bonds is 1. The molecule has 3 heteroatoms. The third-order valence-electron chi connectivity index (χ3n) is 3.89. The lowest BCUT2D eigenvalue weighted by Crippen LogP contribution is -2.45. The fourth-order valence-electron chi connectivity index (χ4n) is 2.60. The molecule has 0 aliphatic carbocycles. The van der Waals surface area contributed by atoms with E-state index in [1.165, 1.54) is 10.9 Å². The summed E-state index contributed by atoms with van der Waals surface area (Å²) >= 11 is 0. The van der Waals surface area contributed by atoms with Gasteiger partial charge in [0.2, 0.25) is 0 Å². The van der Waals surface area contributed by atoms with Crippen molar-refractivity contribution in [3.8, 4) is 11.8 Å². The van der Waals surface area contributed by atoms with E-state index in [0.717, 1.165) is 24.1 Å². The Labute approximate surface area is 113 Å². The van der Waals surface area contributed by atoms with Crippen LogP contribution < -0.4 is 5.32 Å². The monoisotopic (exact) mass is 254 g/mol. The van der Waals surface area contributed by atoms with E-state index in [1.54, 1.807) is 0 Å². The van der Waals surface area contributed by atoms with Crippen LogP contribution in [0.15, 0.2) is 24.4 Å². The number of benzene rings is 1. The Morgan fingerprint density at radius 3 is 3.00 bits per heavy atom. The molecule has 98 valence electrons. The normalized spacial score (nSPS) is 23.1. The molecule has 0 amide bonds. The molecule has 1 aromatic carbocycles. The molecule has 0 radical (unpaired) electrons. The fraction of sp³-hybridized carbons (Fsp3) is 0.375. The van der Waals surface area contributed by atoms with Gasteiger partial charge in [0.15, 0.2) is 0 Å².